The van der Waals surface area contributed by atoms with Crippen molar-refractivity contribution in [3.8, 4) is 0 Å². The van der Waals surface area contributed by atoms with Gasteiger partial charge in [-0.15, -0.1) is 0 Å². The zero-order valence-corrected chi connectivity index (χ0v) is 16.8. The largest absolute Gasteiger partial charge is 0.435 e. The van der Waals surface area contributed by atoms with Crippen LogP contribution in [-0.4, -0.2) is 18.6 Å². The van der Waals surface area contributed by atoms with Gasteiger partial charge < -0.3 is 4.84 Å². The maximum atomic E-state index is 14.2. The van der Waals surface area contributed by atoms with E-state index in [1.807, 2.05) is 30.3 Å². The Bertz CT molecular complexity index is 1130. The van der Waals surface area contributed by atoms with Gasteiger partial charge >= 0.3 is 6.18 Å². The molecular formula is C22H16BrF3N2O. The van der Waals surface area contributed by atoms with Crippen LogP contribution in [0.2, 0.25) is 0 Å². The third-order valence-electron chi connectivity index (χ3n) is 5.06. The highest BCUT2D eigenvalue weighted by molar-refractivity contribution is 9.10. The third kappa shape index (κ3) is 3.33. The standard InChI is InChI=1S/C22H16BrF3N2O/c1-27-13-14-5-4-6-15(11-14)21(22(24,25)26)12-20(28-29-21)18-9-10-19(23)17-8-3-2-7-16(17)18/h2-11H,1,12-13H2. The molecule has 0 amide bonds. The number of benzene rings is 3. The van der Waals surface area contributed by atoms with Crippen LogP contribution in [0.4, 0.5) is 13.2 Å². The minimum absolute atomic E-state index is 0.00585. The molecule has 148 valence electrons. The van der Waals surface area contributed by atoms with Gasteiger partial charge in [0.15, 0.2) is 0 Å². The van der Waals surface area contributed by atoms with Crippen molar-refractivity contribution in [3.05, 3.63) is 81.8 Å². The van der Waals surface area contributed by atoms with E-state index < -0.39 is 18.2 Å². The highest BCUT2D eigenvalue weighted by atomic mass is 79.9. The Morgan fingerprint density at radius 1 is 1.07 bits per heavy atom. The number of hydrogen-bond acceptors (Lipinski definition) is 3. The average molecular weight is 461 g/mol. The molecule has 29 heavy (non-hydrogen) atoms. The van der Waals surface area contributed by atoms with E-state index in [1.54, 1.807) is 18.2 Å². The monoisotopic (exact) mass is 460 g/mol. The summed E-state index contributed by atoms with van der Waals surface area (Å²) in [5.41, 5.74) is -1.01. The van der Waals surface area contributed by atoms with Crippen LogP contribution >= 0.6 is 15.9 Å². The molecule has 0 spiro atoms. The molecule has 1 unspecified atom stereocenters. The summed E-state index contributed by atoms with van der Waals surface area (Å²) in [7, 11) is 0. The summed E-state index contributed by atoms with van der Waals surface area (Å²) in [5, 5.41) is 5.61. The minimum Gasteiger partial charge on any atom is -0.374 e. The van der Waals surface area contributed by atoms with Crippen molar-refractivity contribution in [2.24, 2.45) is 10.1 Å². The minimum atomic E-state index is -4.65. The second kappa shape index (κ2) is 7.30. The molecule has 1 heterocycles. The lowest BCUT2D eigenvalue weighted by Gasteiger charge is -2.29. The molecule has 0 saturated heterocycles. The van der Waals surface area contributed by atoms with Crippen molar-refractivity contribution < 1.29 is 18.0 Å². The van der Waals surface area contributed by atoms with Gasteiger partial charge in [-0.3, -0.25) is 4.99 Å². The molecule has 1 aliphatic heterocycles. The van der Waals surface area contributed by atoms with Crippen molar-refractivity contribution in [3.63, 3.8) is 0 Å². The number of hydrogen-bond donors (Lipinski definition) is 0. The lowest BCUT2D eigenvalue weighted by molar-refractivity contribution is -0.275. The Morgan fingerprint density at radius 2 is 1.83 bits per heavy atom. The molecular weight excluding hydrogens is 445 g/mol. The summed E-state index contributed by atoms with van der Waals surface area (Å²) in [6.07, 6.45) is -5.06. The normalized spacial score (nSPS) is 19.1. The van der Waals surface area contributed by atoms with Crippen molar-refractivity contribution in [2.45, 2.75) is 24.7 Å². The molecule has 0 bridgehead atoms. The third-order valence-corrected chi connectivity index (χ3v) is 5.75. The van der Waals surface area contributed by atoms with Crippen molar-refractivity contribution in [1.29, 1.82) is 0 Å². The first kappa shape index (κ1) is 19.6. The van der Waals surface area contributed by atoms with Crippen LogP contribution in [0.15, 0.2) is 75.3 Å². The molecule has 3 nitrogen and oxygen atoms in total. The van der Waals surface area contributed by atoms with Crippen LogP contribution < -0.4 is 0 Å². The van der Waals surface area contributed by atoms with Crippen LogP contribution in [0, 0.1) is 0 Å². The first-order chi connectivity index (χ1) is 13.9. The van der Waals surface area contributed by atoms with Gasteiger partial charge in [-0.25, -0.2) is 0 Å². The molecule has 0 aromatic heterocycles. The first-order valence-electron chi connectivity index (χ1n) is 8.87. The maximum absolute atomic E-state index is 14.2. The van der Waals surface area contributed by atoms with Gasteiger partial charge in [0, 0.05) is 22.0 Å². The van der Waals surface area contributed by atoms with E-state index in [9.17, 15) is 13.2 Å². The molecule has 0 N–H and O–H groups in total. The molecule has 0 radical (unpaired) electrons. The predicted molar refractivity (Wildman–Crippen MR) is 111 cm³/mol. The molecule has 0 fully saturated rings. The lowest BCUT2D eigenvalue weighted by atomic mass is 9.85. The van der Waals surface area contributed by atoms with E-state index in [2.05, 4.69) is 32.8 Å². The topological polar surface area (TPSA) is 34.0 Å². The number of nitrogens with zero attached hydrogens (tertiary/aromatic N) is 2. The SMILES string of the molecule is C=NCc1cccc(C2(C(F)(F)F)CC(c3ccc(Br)c4ccccc34)=NO2)c1. The number of rotatable bonds is 4. The van der Waals surface area contributed by atoms with Crippen LogP contribution in [0.5, 0.6) is 0 Å². The van der Waals surface area contributed by atoms with E-state index in [-0.39, 0.29) is 17.8 Å². The summed E-state index contributed by atoms with van der Waals surface area (Å²) >= 11 is 3.49. The maximum Gasteiger partial charge on any atom is 0.435 e. The van der Waals surface area contributed by atoms with Gasteiger partial charge in [-0.1, -0.05) is 69.6 Å². The Balaban J connectivity index is 1.80. The molecule has 1 aliphatic rings. The number of halogens is 4. The number of fused-ring (bicyclic) bond motifs is 1. The molecule has 0 saturated carbocycles. The number of oxime groups is 1. The zero-order chi connectivity index (χ0) is 20.6. The van der Waals surface area contributed by atoms with Crippen molar-refractivity contribution in [1.82, 2.24) is 0 Å². The molecule has 1 atom stereocenters. The van der Waals surface area contributed by atoms with Gasteiger partial charge in [-0.2, -0.15) is 13.2 Å². The van der Waals surface area contributed by atoms with Gasteiger partial charge in [0.25, 0.3) is 5.60 Å². The summed E-state index contributed by atoms with van der Waals surface area (Å²) in [6, 6.07) is 17.2. The van der Waals surface area contributed by atoms with E-state index in [0.29, 0.717) is 11.1 Å². The van der Waals surface area contributed by atoms with E-state index in [4.69, 9.17) is 4.84 Å². The van der Waals surface area contributed by atoms with Gasteiger partial charge in [-0.05, 0) is 35.2 Å². The van der Waals surface area contributed by atoms with Gasteiger partial charge in [0.05, 0.1) is 12.3 Å². The lowest BCUT2D eigenvalue weighted by Crippen LogP contribution is -2.42. The summed E-state index contributed by atoms with van der Waals surface area (Å²) in [5.74, 6) is 0. The van der Waals surface area contributed by atoms with Crippen molar-refractivity contribution >= 4 is 39.1 Å². The molecule has 0 aliphatic carbocycles. The average Bonchev–Trinajstić information content (AvgIpc) is 3.16. The van der Waals surface area contributed by atoms with E-state index in [0.717, 1.165) is 15.2 Å². The second-order valence-corrected chi connectivity index (χ2v) is 7.71. The Kier molecular flexibility index (Phi) is 4.94. The van der Waals surface area contributed by atoms with Crippen molar-refractivity contribution in [2.75, 3.05) is 0 Å². The summed E-state index contributed by atoms with van der Waals surface area (Å²) < 4.78 is 43.6. The number of aliphatic imine (C=N–C) groups is 1. The smallest absolute Gasteiger partial charge is 0.374 e. The van der Waals surface area contributed by atoms with E-state index >= 15 is 0 Å². The predicted octanol–water partition coefficient (Wildman–Crippen LogP) is 6.39. The fraction of sp³-hybridized carbons (Fsp3) is 0.182. The molecule has 3 aromatic rings. The quantitative estimate of drug-likeness (QED) is 0.415. The van der Waals surface area contributed by atoms with Crippen LogP contribution in [0.3, 0.4) is 0 Å². The van der Waals surface area contributed by atoms with Gasteiger partial charge in [0.2, 0.25) is 0 Å². The second-order valence-electron chi connectivity index (χ2n) is 6.85. The number of alkyl halides is 3. The fourth-order valence-electron chi connectivity index (χ4n) is 3.61. The van der Waals surface area contributed by atoms with Crippen LogP contribution in [0.25, 0.3) is 10.8 Å². The first-order valence-corrected chi connectivity index (χ1v) is 9.66. The summed E-state index contributed by atoms with van der Waals surface area (Å²) in [6.45, 7) is 3.64. The zero-order valence-electron chi connectivity index (χ0n) is 15.2. The van der Waals surface area contributed by atoms with Gasteiger partial charge in [0.1, 0.15) is 0 Å². The Morgan fingerprint density at radius 3 is 2.55 bits per heavy atom. The summed E-state index contributed by atoms with van der Waals surface area (Å²) in [4.78, 5) is 8.93. The van der Waals surface area contributed by atoms with Crippen LogP contribution in [-0.2, 0) is 17.0 Å². The van der Waals surface area contributed by atoms with E-state index in [1.165, 1.54) is 12.1 Å². The van der Waals surface area contributed by atoms with Crippen LogP contribution in [0.1, 0.15) is 23.1 Å². The Labute approximate surface area is 174 Å². The molecule has 4 rings (SSSR count). The molecule has 3 aromatic carbocycles. The highest BCUT2D eigenvalue weighted by Gasteiger charge is 2.62. The highest BCUT2D eigenvalue weighted by Crippen LogP contribution is 2.49. The fourth-order valence-corrected chi connectivity index (χ4v) is 4.09. The molecule has 7 heteroatoms. The Hall–Kier alpha value is -2.67.